The molecule has 1 aromatic carbocycles. The van der Waals surface area contributed by atoms with Crippen molar-refractivity contribution < 1.29 is 14.3 Å². The third-order valence-electron chi connectivity index (χ3n) is 4.42. The molecule has 0 radical (unpaired) electrons. The number of hydrogen-bond donors (Lipinski definition) is 3. The molecule has 0 saturated heterocycles. The van der Waals surface area contributed by atoms with E-state index in [-0.39, 0.29) is 17.5 Å². The van der Waals surface area contributed by atoms with E-state index in [1.165, 1.54) is 6.20 Å². The Morgan fingerprint density at radius 2 is 1.90 bits per heavy atom. The van der Waals surface area contributed by atoms with Crippen LogP contribution in [-0.4, -0.2) is 35.0 Å². The zero-order chi connectivity index (χ0) is 20.8. The van der Waals surface area contributed by atoms with Crippen molar-refractivity contribution in [2.24, 2.45) is 7.05 Å². The number of nitrogens with one attached hydrogen (secondary N) is 2. The van der Waals surface area contributed by atoms with E-state index in [0.717, 1.165) is 5.56 Å². The molecular weight excluding hydrogens is 370 g/mol. The number of nitrogens with two attached hydrogens (primary N) is 1. The summed E-state index contributed by atoms with van der Waals surface area (Å²) in [5.41, 5.74) is 7.56. The Balaban J connectivity index is 1.59. The van der Waals surface area contributed by atoms with E-state index < -0.39 is 0 Å². The van der Waals surface area contributed by atoms with Crippen LogP contribution in [0.4, 0.5) is 5.82 Å². The van der Waals surface area contributed by atoms with Crippen LogP contribution in [-0.2, 0) is 13.5 Å². The van der Waals surface area contributed by atoms with E-state index in [0.29, 0.717) is 36.0 Å². The number of nitrogen functional groups attached to an aromatic ring is 1. The van der Waals surface area contributed by atoms with Crippen molar-refractivity contribution in [3.05, 3.63) is 71.7 Å². The molecule has 29 heavy (non-hydrogen) atoms. The number of carbonyl (C=O) groups excluding carboxylic acids is 2. The number of amides is 2. The first-order valence-electron chi connectivity index (χ1n) is 9.12. The van der Waals surface area contributed by atoms with Crippen LogP contribution in [0.5, 0.6) is 11.5 Å². The van der Waals surface area contributed by atoms with E-state index in [4.69, 9.17) is 10.5 Å². The van der Waals surface area contributed by atoms with Gasteiger partial charge >= 0.3 is 0 Å². The lowest BCUT2D eigenvalue weighted by Gasteiger charge is -2.10. The summed E-state index contributed by atoms with van der Waals surface area (Å²) < 4.78 is 7.49. The predicted octanol–water partition coefficient (Wildman–Crippen LogP) is 2.13. The number of carbonyl (C=O) groups is 2. The average molecular weight is 393 g/mol. The number of ether oxygens (including phenoxy) is 1. The first-order chi connectivity index (χ1) is 14.0. The molecule has 0 saturated carbocycles. The molecule has 0 spiro atoms. The summed E-state index contributed by atoms with van der Waals surface area (Å²) in [6, 6.07) is 14.2. The van der Waals surface area contributed by atoms with E-state index in [2.05, 4.69) is 15.6 Å². The molecule has 8 heteroatoms. The SMILES string of the molecule is CNC(=O)c1cc(Oc2cccc(CCNC(=O)c3ccc(N)n3C)c2)ccn1. The summed E-state index contributed by atoms with van der Waals surface area (Å²) in [5, 5.41) is 5.42. The lowest BCUT2D eigenvalue weighted by molar-refractivity contribution is 0.0942. The largest absolute Gasteiger partial charge is 0.457 e. The highest BCUT2D eigenvalue weighted by Gasteiger charge is 2.11. The highest BCUT2D eigenvalue weighted by molar-refractivity contribution is 5.93. The summed E-state index contributed by atoms with van der Waals surface area (Å²) in [4.78, 5) is 28.0. The van der Waals surface area contributed by atoms with Gasteiger partial charge in [0.1, 0.15) is 28.7 Å². The van der Waals surface area contributed by atoms with Gasteiger partial charge in [-0.05, 0) is 42.3 Å². The Labute approximate surface area is 168 Å². The third kappa shape index (κ3) is 4.92. The summed E-state index contributed by atoms with van der Waals surface area (Å²) >= 11 is 0. The fourth-order valence-electron chi connectivity index (χ4n) is 2.79. The van der Waals surface area contributed by atoms with Crippen molar-refractivity contribution in [1.82, 2.24) is 20.2 Å². The lowest BCUT2D eigenvalue weighted by atomic mass is 10.1. The molecular formula is C21H23N5O3. The first kappa shape index (κ1) is 19.9. The molecule has 0 aliphatic heterocycles. The van der Waals surface area contributed by atoms with Crippen LogP contribution < -0.4 is 21.1 Å². The molecule has 2 heterocycles. The molecule has 0 atom stereocenters. The van der Waals surface area contributed by atoms with Gasteiger partial charge < -0.3 is 25.7 Å². The fourth-order valence-corrected chi connectivity index (χ4v) is 2.79. The van der Waals surface area contributed by atoms with Gasteiger partial charge in [-0.15, -0.1) is 0 Å². The van der Waals surface area contributed by atoms with Gasteiger partial charge in [0.25, 0.3) is 11.8 Å². The van der Waals surface area contributed by atoms with Gasteiger partial charge in [-0.25, -0.2) is 0 Å². The van der Waals surface area contributed by atoms with Crippen molar-refractivity contribution >= 4 is 17.6 Å². The second-order valence-electron chi connectivity index (χ2n) is 6.41. The van der Waals surface area contributed by atoms with Crippen molar-refractivity contribution in [2.45, 2.75) is 6.42 Å². The van der Waals surface area contributed by atoms with E-state index in [1.807, 2.05) is 24.3 Å². The maximum Gasteiger partial charge on any atom is 0.269 e. The topological polar surface area (TPSA) is 111 Å². The zero-order valence-electron chi connectivity index (χ0n) is 16.3. The number of anilines is 1. The number of nitrogens with zero attached hydrogens (tertiary/aromatic N) is 2. The fraction of sp³-hybridized carbons (Fsp3) is 0.190. The molecule has 0 bridgehead atoms. The Morgan fingerprint density at radius 1 is 1.10 bits per heavy atom. The molecule has 3 aromatic rings. The van der Waals surface area contributed by atoms with Crippen molar-refractivity contribution in [3.8, 4) is 11.5 Å². The first-order valence-corrected chi connectivity index (χ1v) is 9.12. The van der Waals surface area contributed by atoms with Gasteiger partial charge in [0.15, 0.2) is 0 Å². The molecule has 2 amide bonds. The monoisotopic (exact) mass is 393 g/mol. The minimum absolute atomic E-state index is 0.171. The number of hydrogen-bond acceptors (Lipinski definition) is 5. The van der Waals surface area contributed by atoms with Crippen LogP contribution in [0.2, 0.25) is 0 Å². The number of rotatable bonds is 7. The van der Waals surface area contributed by atoms with E-state index >= 15 is 0 Å². The molecule has 0 aliphatic carbocycles. The third-order valence-corrected chi connectivity index (χ3v) is 4.42. The summed E-state index contributed by atoms with van der Waals surface area (Å²) in [5.74, 6) is 1.24. The van der Waals surface area contributed by atoms with Gasteiger partial charge in [-0.1, -0.05) is 12.1 Å². The highest BCUT2D eigenvalue weighted by atomic mass is 16.5. The minimum atomic E-state index is -0.278. The summed E-state index contributed by atoms with van der Waals surface area (Å²) in [7, 11) is 3.30. The maximum absolute atomic E-state index is 12.2. The number of aromatic nitrogens is 2. The van der Waals surface area contributed by atoms with E-state index in [1.54, 1.807) is 42.9 Å². The molecule has 4 N–H and O–H groups in total. The summed E-state index contributed by atoms with van der Waals surface area (Å²) in [6.45, 7) is 0.476. The van der Waals surface area contributed by atoms with Gasteiger partial charge in [0.2, 0.25) is 0 Å². The number of benzene rings is 1. The van der Waals surface area contributed by atoms with Crippen LogP contribution in [0, 0.1) is 0 Å². The Kier molecular flexibility index (Phi) is 6.13. The zero-order valence-corrected chi connectivity index (χ0v) is 16.3. The van der Waals surface area contributed by atoms with Crippen LogP contribution >= 0.6 is 0 Å². The van der Waals surface area contributed by atoms with Crippen molar-refractivity contribution in [1.29, 1.82) is 0 Å². The van der Waals surface area contributed by atoms with Crippen LogP contribution in [0.25, 0.3) is 0 Å². The molecule has 0 aliphatic rings. The number of pyridine rings is 1. The Bertz CT molecular complexity index is 1030. The molecule has 150 valence electrons. The van der Waals surface area contributed by atoms with Crippen LogP contribution in [0.1, 0.15) is 26.5 Å². The van der Waals surface area contributed by atoms with Gasteiger partial charge in [0.05, 0.1) is 0 Å². The van der Waals surface area contributed by atoms with Crippen molar-refractivity contribution in [2.75, 3.05) is 19.3 Å². The molecule has 3 rings (SSSR count). The average Bonchev–Trinajstić information content (AvgIpc) is 3.06. The van der Waals surface area contributed by atoms with Crippen LogP contribution in [0.15, 0.2) is 54.7 Å². The van der Waals surface area contributed by atoms with Crippen LogP contribution in [0.3, 0.4) is 0 Å². The lowest BCUT2D eigenvalue weighted by Crippen LogP contribution is -2.27. The quantitative estimate of drug-likeness (QED) is 0.569. The van der Waals surface area contributed by atoms with E-state index in [9.17, 15) is 9.59 Å². The van der Waals surface area contributed by atoms with Gasteiger partial charge in [0, 0.05) is 32.9 Å². The Morgan fingerprint density at radius 3 is 2.62 bits per heavy atom. The van der Waals surface area contributed by atoms with Gasteiger partial charge in [-0.3, -0.25) is 14.6 Å². The standard InChI is InChI=1S/C21H23N5O3/c1-23-20(27)17-13-16(9-11-24-17)29-15-5-3-4-14(12-15)8-10-25-21(28)18-6-7-19(22)26(18)2/h3-7,9,11-13H,8,10,22H2,1-2H3,(H,23,27)(H,25,28). The molecule has 0 fully saturated rings. The molecule has 0 unspecified atom stereocenters. The maximum atomic E-state index is 12.2. The van der Waals surface area contributed by atoms with Crippen molar-refractivity contribution in [3.63, 3.8) is 0 Å². The summed E-state index contributed by atoms with van der Waals surface area (Å²) in [6.07, 6.45) is 2.16. The molecule has 2 aromatic heterocycles. The predicted molar refractivity (Wildman–Crippen MR) is 110 cm³/mol. The van der Waals surface area contributed by atoms with Gasteiger partial charge in [-0.2, -0.15) is 0 Å². The smallest absolute Gasteiger partial charge is 0.269 e. The normalized spacial score (nSPS) is 10.4. The molecule has 8 nitrogen and oxygen atoms in total. The minimum Gasteiger partial charge on any atom is -0.457 e. The second kappa shape index (κ2) is 8.92. The highest BCUT2D eigenvalue weighted by Crippen LogP contribution is 2.22. The Hall–Kier alpha value is -3.81. The second-order valence-corrected chi connectivity index (χ2v) is 6.41.